The van der Waals surface area contributed by atoms with Gasteiger partial charge in [0.2, 0.25) is 12.7 Å². The minimum atomic E-state index is -0.0474. The van der Waals surface area contributed by atoms with Gasteiger partial charge in [0.05, 0.1) is 13.2 Å². The molecule has 0 aliphatic carbocycles. The summed E-state index contributed by atoms with van der Waals surface area (Å²) in [6.07, 6.45) is 0. The van der Waals surface area contributed by atoms with Gasteiger partial charge in [-0.1, -0.05) is 6.07 Å². The summed E-state index contributed by atoms with van der Waals surface area (Å²) in [5.41, 5.74) is 0.981. The molecule has 1 aliphatic rings. The van der Waals surface area contributed by atoms with Crippen molar-refractivity contribution in [1.82, 2.24) is 10.6 Å². The number of rotatable bonds is 7. The lowest BCUT2D eigenvalue weighted by atomic mass is 10.2. The Hall–Kier alpha value is -1.79. The first-order valence-electron chi connectivity index (χ1n) is 6.14. The van der Waals surface area contributed by atoms with Gasteiger partial charge in [-0.05, 0) is 17.7 Å². The summed E-state index contributed by atoms with van der Waals surface area (Å²) in [7, 11) is 1.63. The summed E-state index contributed by atoms with van der Waals surface area (Å²) in [6, 6.07) is 5.63. The zero-order valence-corrected chi connectivity index (χ0v) is 10.9. The van der Waals surface area contributed by atoms with E-state index in [0.29, 0.717) is 19.7 Å². The zero-order valence-electron chi connectivity index (χ0n) is 10.9. The van der Waals surface area contributed by atoms with Crippen molar-refractivity contribution < 1.29 is 19.0 Å². The lowest BCUT2D eigenvalue weighted by Gasteiger charge is -2.07. The molecule has 104 valence electrons. The highest BCUT2D eigenvalue weighted by Crippen LogP contribution is 2.32. The smallest absolute Gasteiger partial charge is 0.234 e. The van der Waals surface area contributed by atoms with Crippen LogP contribution in [0.1, 0.15) is 5.56 Å². The minimum Gasteiger partial charge on any atom is -0.454 e. The third-order valence-corrected chi connectivity index (χ3v) is 2.70. The lowest BCUT2D eigenvalue weighted by Crippen LogP contribution is -2.34. The van der Waals surface area contributed by atoms with Crippen molar-refractivity contribution in [2.24, 2.45) is 0 Å². The van der Waals surface area contributed by atoms with E-state index in [9.17, 15) is 4.79 Å². The van der Waals surface area contributed by atoms with E-state index in [1.807, 2.05) is 18.2 Å². The Balaban J connectivity index is 1.71. The van der Waals surface area contributed by atoms with Crippen molar-refractivity contribution in [1.29, 1.82) is 0 Å². The van der Waals surface area contributed by atoms with Gasteiger partial charge in [0.15, 0.2) is 11.5 Å². The standard InChI is InChI=1S/C13H18N2O4/c1-17-5-4-14-8-13(16)15-7-10-2-3-11-12(6-10)19-9-18-11/h2-3,6,14H,4-5,7-9H2,1H3,(H,15,16). The highest BCUT2D eigenvalue weighted by Gasteiger charge is 2.13. The Morgan fingerprint density at radius 3 is 3.05 bits per heavy atom. The molecule has 1 aromatic rings. The van der Waals surface area contributed by atoms with Gasteiger partial charge in [-0.15, -0.1) is 0 Å². The largest absolute Gasteiger partial charge is 0.454 e. The minimum absolute atomic E-state index is 0.0474. The molecule has 0 saturated carbocycles. The fourth-order valence-corrected chi connectivity index (χ4v) is 1.69. The molecule has 6 heteroatoms. The maximum atomic E-state index is 11.5. The van der Waals surface area contributed by atoms with E-state index < -0.39 is 0 Å². The van der Waals surface area contributed by atoms with Crippen molar-refractivity contribution >= 4 is 5.91 Å². The summed E-state index contributed by atoms with van der Waals surface area (Å²) in [5.74, 6) is 1.43. The molecule has 2 rings (SSSR count). The van der Waals surface area contributed by atoms with Crippen molar-refractivity contribution in [2.75, 3.05) is 33.6 Å². The number of hydrogen-bond acceptors (Lipinski definition) is 5. The van der Waals surface area contributed by atoms with Crippen molar-refractivity contribution in [3.63, 3.8) is 0 Å². The van der Waals surface area contributed by atoms with Crippen LogP contribution in [0.2, 0.25) is 0 Å². The fourth-order valence-electron chi connectivity index (χ4n) is 1.69. The Morgan fingerprint density at radius 1 is 1.37 bits per heavy atom. The Labute approximate surface area is 112 Å². The van der Waals surface area contributed by atoms with Crippen LogP contribution in [0.25, 0.3) is 0 Å². The van der Waals surface area contributed by atoms with Crippen LogP contribution in [0, 0.1) is 0 Å². The summed E-state index contributed by atoms with van der Waals surface area (Å²) < 4.78 is 15.4. The number of hydrogen-bond donors (Lipinski definition) is 2. The summed E-state index contributed by atoms with van der Waals surface area (Å²) in [4.78, 5) is 11.5. The third-order valence-electron chi connectivity index (χ3n) is 2.70. The first kappa shape index (κ1) is 13.6. The molecule has 1 aromatic carbocycles. The molecule has 0 radical (unpaired) electrons. The van der Waals surface area contributed by atoms with E-state index in [-0.39, 0.29) is 19.2 Å². The first-order chi connectivity index (χ1) is 9.29. The number of ether oxygens (including phenoxy) is 3. The average molecular weight is 266 g/mol. The van der Waals surface area contributed by atoms with Gasteiger partial charge < -0.3 is 24.8 Å². The van der Waals surface area contributed by atoms with E-state index in [1.165, 1.54) is 0 Å². The average Bonchev–Trinajstić information content (AvgIpc) is 2.89. The molecule has 0 fully saturated rings. The maximum absolute atomic E-state index is 11.5. The number of benzene rings is 1. The van der Waals surface area contributed by atoms with Gasteiger partial charge in [0, 0.05) is 20.2 Å². The van der Waals surface area contributed by atoms with Gasteiger partial charge in [0.1, 0.15) is 0 Å². The number of carbonyl (C=O) groups is 1. The molecule has 0 bridgehead atoms. The molecule has 0 atom stereocenters. The quantitative estimate of drug-likeness (QED) is 0.693. The van der Waals surface area contributed by atoms with Crippen molar-refractivity contribution in [2.45, 2.75) is 6.54 Å². The zero-order chi connectivity index (χ0) is 13.5. The second-order valence-corrected chi connectivity index (χ2v) is 4.13. The molecule has 1 amide bonds. The third kappa shape index (κ3) is 4.11. The summed E-state index contributed by atoms with van der Waals surface area (Å²) in [6.45, 7) is 2.27. The van der Waals surface area contributed by atoms with E-state index in [4.69, 9.17) is 14.2 Å². The summed E-state index contributed by atoms with van der Waals surface area (Å²) >= 11 is 0. The van der Waals surface area contributed by atoms with Gasteiger partial charge in [-0.25, -0.2) is 0 Å². The van der Waals surface area contributed by atoms with E-state index >= 15 is 0 Å². The number of methoxy groups -OCH3 is 1. The number of nitrogens with one attached hydrogen (secondary N) is 2. The molecule has 2 N–H and O–H groups in total. The van der Waals surface area contributed by atoms with Gasteiger partial charge in [0.25, 0.3) is 0 Å². The van der Waals surface area contributed by atoms with Gasteiger partial charge in [-0.2, -0.15) is 0 Å². The molecule has 0 aromatic heterocycles. The Kier molecular flexibility index (Phi) is 5.00. The van der Waals surface area contributed by atoms with Crippen LogP contribution >= 0.6 is 0 Å². The summed E-state index contributed by atoms with van der Waals surface area (Å²) in [5, 5.41) is 5.81. The molecule has 6 nitrogen and oxygen atoms in total. The van der Waals surface area contributed by atoms with Crippen LogP contribution in [-0.4, -0.2) is 39.5 Å². The lowest BCUT2D eigenvalue weighted by molar-refractivity contribution is -0.120. The SMILES string of the molecule is COCCNCC(=O)NCc1ccc2c(c1)OCO2. The molecule has 0 spiro atoms. The van der Waals surface area contributed by atoms with Crippen LogP contribution in [0.3, 0.4) is 0 Å². The van der Waals surface area contributed by atoms with E-state index in [0.717, 1.165) is 17.1 Å². The van der Waals surface area contributed by atoms with Crippen LogP contribution in [-0.2, 0) is 16.1 Å². The maximum Gasteiger partial charge on any atom is 0.234 e. The predicted molar refractivity (Wildman–Crippen MR) is 69.2 cm³/mol. The second-order valence-electron chi connectivity index (χ2n) is 4.13. The Morgan fingerprint density at radius 2 is 2.21 bits per heavy atom. The number of amides is 1. The monoisotopic (exact) mass is 266 g/mol. The van der Waals surface area contributed by atoms with Crippen LogP contribution in [0.4, 0.5) is 0 Å². The van der Waals surface area contributed by atoms with Gasteiger partial charge >= 0.3 is 0 Å². The highest BCUT2D eigenvalue weighted by atomic mass is 16.7. The van der Waals surface area contributed by atoms with Crippen LogP contribution < -0.4 is 20.1 Å². The number of carbonyl (C=O) groups excluding carboxylic acids is 1. The molecule has 0 saturated heterocycles. The highest BCUT2D eigenvalue weighted by molar-refractivity contribution is 5.77. The normalized spacial score (nSPS) is 12.5. The van der Waals surface area contributed by atoms with Crippen molar-refractivity contribution in [3.05, 3.63) is 23.8 Å². The molecule has 1 aliphatic heterocycles. The predicted octanol–water partition coefficient (Wildman–Crippen LogP) is 0.268. The molecule has 0 unspecified atom stereocenters. The first-order valence-corrected chi connectivity index (χ1v) is 6.14. The van der Waals surface area contributed by atoms with Gasteiger partial charge in [-0.3, -0.25) is 4.79 Å². The van der Waals surface area contributed by atoms with Crippen LogP contribution in [0.5, 0.6) is 11.5 Å². The fraction of sp³-hybridized carbons (Fsp3) is 0.462. The number of fused-ring (bicyclic) bond motifs is 1. The molecule has 1 heterocycles. The van der Waals surface area contributed by atoms with Crippen LogP contribution in [0.15, 0.2) is 18.2 Å². The topological polar surface area (TPSA) is 68.8 Å². The van der Waals surface area contributed by atoms with Crippen molar-refractivity contribution in [3.8, 4) is 11.5 Å². The molecular formula is C13H18N2O4. The molecule has 19 heavy (non-hydrogen) atoms. The molecular weight excluding hydrogens is 248 g/mol. The second kappa shape index (κ2) is 6.96. The van der Waals surface area contributed by atoms with E-state index in [2.05, 4.69) is 10.6 Å². The Bertz CT molecular complexity index is 437. The van der Waals surface area contributed by atoms with E-state index in [1.54, 1.807) is 7.11 Å².